The van der Waals surface area contributed by atoms with Gasteiger partial charge in [-0.15, -0.1) is 11.8 Å². The molecule has 0 saturated carbocycles. The molecule has 0 amide bonds. The predicted molar refractivity (Wildman–Crippen MR) is 43.8 cm³/mol. The van der Waals surface area contributed by atoms with Crippen LogP contribution >= 0.6 is 23.3 Å². The van der Waals surface area contributed by atoms with Crippen LogP contribution in [0.15, 0.2) is 11.3 Å². The molecule has 0 fully saturated rings. The molecule has 0 bridgehead atoms. The molecular formula is C5H5N3S2. The highest BCUT2D eigenvalue weighted by Gasteiger charge is 2.11. The van der Waals surface area contributed by atoms with Crippen LogP contribution in [0.5, 0.6) is 0 Å². The first-order valence-corrected chi connectivity index (χ1v) is 4.67. The Labute approximate surface area is 66.8 Å². The first-order valence-electron chi connectivity index (χ1n) is 2.91. The average Bonchev–Trinajstić information content (AvgIpc) is 2.59. The number of hydrogen-bond acceptors (Lipinski definition) is 5. The van der Waals surface area contributed by atoms with Gasteiger partial charge < -0.3 is 0 Å². The lowest BCUT2D eigenvalue weighted by Crippen LogP contribution is -1.88. The van der Waals surface area contributed by atoms with Gasteiger partial charge in [-0.2, -0.15) is 4.37 Å². The van der Waals surface area contributed by atoms with Gasteiger partial charge in [0.15, 0.2) is 5.01 Å². The summed E-state index contributed by atoms with van der Waals surface area (Å²) in [6.07, 6.45) is 1.57. The first-order chi connectivity index (χ1) is 4.97. The van der Waals surface area contributed by atoms with Crippen molar-refractivity contribution in [1.82, 2.24) is 9.36 Å². The lowest BCUT2D eigenvalue weighted by Gasteiger charge is -1.87. The van der Waals surface area contributed by atoms with E-state index in [0.717, 1.165) is 22.3 Å². The molecule has 1 aromatic rings. The minimum atomic E-state index is 0.930. The van der Waals surface area contributed by atoms with Gasteiger partial charge in [0.2, 0.25) is 0 Å². The van der Waals surface area contributed by atoms with Crippen molar-refractivity contribution in [2.75, 3.05) is 12.3 Å². The molecule has 52 valence electrons. The van der Waals surface area contributed by atoms with Crippen LogP contribution < -0.4 is 0 Å². The molecular weight excluding hydrogens is 166 g/mol. The summed E-state index contributed by atoms with van der Waals surface area (Å²) in [5.74, 6) is 1.09. The highest BCUT2D eigenvalue weighted by molar-refractivity contribution is 8.14. The van der Waals surface area contributed by atoms with Crippen molar-refractivity contribution in [1.29, 1.82) is 0 Å². The zero-order valence-corrected chi connectivity index (χ0v) is 6.78. The summed E-state index contributed by atoms with van der Waals surface area (Å²) in [5.41, 5.74) is 0. The molecule has 0 aliphatic carbocycles. The van der Waals surface area contributed by atoms with E-state index in [2.05, 4.69) is 14.3 Å². The zero-order valence-electron chi connectivity index (χ0n) is 5.15. The third-order valence-corrected chi connectivity index (χ3v) is 2.91. The van der Waals surface area contributed by atoms with E-state index in [1.165, 1.54) is 11.5 Å². The largest absolute Gasteiger partial charge is 0.274 e. The molecule has 0 spiro atoms. The fraction of sp³-hybridized carbons (Fsp3) is 0.400. The van der Waals surface area contributed by atoms with E-state index in [9.17, 15) is 0 Å². The van der Waals surface area contributed by atoms with Crippen LogP contribution in [0, 0.1) is 0 Å². The van der Waals surface area contributed by atoms with Gasteiger partial charge in [-0.05, 0) is 11.5 Å². The molecule has 1 aliphatic heterocycles. The molecule has 0 N–H and O–H groups in total. The van der Waals surface area contributed by atoms with E-state index >= 15 is 0 Å². The summed E-state index contributed by atoms with van der Waals surface area (Å²) >= 11 is 3.17. The van der Waals surface area contributed by atoms with Crippen LogP contribution in [-0.4, -0.2) is 26.7 Å². The number of aromatic nitrogens is 2. The molecule has 0 atom stereocenters. The van der Waals surface area contributed by atoms with Gasteiger partial charge in [0.1, 0.15) is 11.4 Å². The van der Waals surface area contributed by atoms with Crippen molar-refractivity contribution in [3.63, 3.8) is 0 Å². The van der Waals surface area contributed by atoms with Crippen LogP contribution in [0.1, 0.15) is 5.01 Å². The van der Waals surface area contributed by atoms with Crippen molar-refractivity contribution in [2.24, 2.45) is 4.99 Å². The molecule has 0 saturated heterocycles. The molecule has 3 nitrogen and oxygen atoms in total. The maximum Gasteiger partial charge on any atom is 0.168 e. The van der Waals surface area contributed by atoms with Gasteiger partial charge in [-0.1, -0.05) is 0 Å². The van der Waals surface area contributed by atoms with E-state index in [4.69, 9.17) is 0 Å². The Bertz CT molecular complexity index is 241. The Kier molecular flexibility index (Phi) is 1.68. The summed E-state index contributed by atoms with van der Waals surface area (Å²) in [5, 5.41) is 2.02. The molecule has 0 unspecified atom stereocenters. The minimum Gasteiger partial charge on any atom is -0.274 e. The lowest BCUT2D eigenvalue weighted by molar-refractivity contribution is 1.17. The highest BCUT2D eigenvalue weighted by Crippen LogP contribution is 2.18. The predicted octanol–water partition coefficient (Wildman–Crippen LogP) is 1.03. The normalized spacial score (nSPS) is 17.4. The minimum absolute atomic E-state index is 0.930. The summed E-state index contributed by atoms with van der Waals surface area (Å²) < 4.78 is 3.90. The van der Waals surface area contributed by atoms with E-state index < -0.39 is 0 Å². The maximum atomic E-state index is 4.27. The van der Waals surface area contributed by atoms with Crippen LogP contribution in [0.2, 0.25) is 0 Å². The molecule has 5 heteroatoms. The second kappa shape index (κ2) is 2.67. The van der Waals surface area contributed by atoms with Gasteiger partial charge in [-0.25, -0.2) is 4.98 Å². The first kappa shape index (κ1) is 6.30. The van der Waals surface area contributed by atoms with Gasteiger partial charge in [0, 0.05) is 12.3 Å². The Morgan fingerprint density at radius 1 is 1.50 bits per heavy atom. The number of rotatable bonds is 1. The summed E-state index contributed by atoms with van der Waals surface area (Å²) in [4.78, 5) is 8.32. The van der Waals surface area contributed by atoms with Crippen molar-refractivity contribution in [3.05, 3.63) is 11.3 Å². The Morgan fingerprint density at radius 2 is 2.50 bits per heavy atom. The SMILES string of the molecule is c1nsc(C2=NCCS2)n1. The highest BCUT2D eigenvalue weighted by atomic mass is 32.2. The monoisotopic (exact) mass is 171 g/mol. The third-order valence-electron chi connectivity index (χ3n) is 1.13. The van der Waals surface area contributed by atoms with Gasteiger partial charge in [0.05, 0.1) is 0 Å². The third kappa shape index (κ3) is 1.06. The fourth-order valence-corrected chi connectivity index (χ4v) is 2.19. The van der Waals surface area contributed by atoms with Crippen LogP contribution in [-0.2, 0) is 0 Å². The number of thioether (sulfide) groups is 1. The standard InChI is InChI=1S/C5H5N3S2/c1-2-9-4(6-1)5-7-3-8-10-5/h3H,1-2H2. The lowest BCUT2D eigenvalue weighted by atomic mass is 10.7. The van der Waals surface area contributed by atoms with Crippen molar-refractivity contribution in [3.8, 4) is 0 Å². The molecule has 0 radical (unpaired) electrons. The Balaban J connectivity index is 2.28. The Hall–Kier alpha value is -0.420. The summed E-state index contributed by atoms with van der Waals surface area (Å²) in [6.45, 7) is 0.930. The molecule has 2 rings (SSSR count). The summed E-state index contributed by atoms with van der Waals surface area (Å²) in [7, 11) is 0. The number of hydrogen-bond donors (Lipinski definition) is 0. The summed E-state index contributed by atoms with van der Waals surface area (Å²) in [6, 6.07) is 0. The molecule has 2 heterocycles. The van der Waals surface area contributed by atoms with Crippen molar-refractivity contribution >= 4 is 28.3 Å². The van der Waals surface area contributed by atoms with Crippen molar-refractivity contribution < 1.29 is 0 Å². The van der Waals surface area contributed by atoms with Crippen LogP contribution in [0.25, 0.3) is 0 Å². The van der Waals surface area contributed by atoms with E-state index in [-0.39, 0.29) is 0 Å². The second-order valence-corrected chi connectivity index (χ2v) is 3.65. The second-order valence-electron chi connectivity index (χ2n) is 1.78. The number of nitrogens with zero attached hydrogens (tertiary/aromatic N) is 3. The molecule has 0 aromatic carbocycles. The average molecular weight is 171 g/mol. The Morgan fingerprint density at radius 3 is 3.10 bits per heavy atom. The van der Waals surface area contributed by atoms with Gasteiger partial charge in [0.25, 0.3) is 0 Å². The fourth-order valence-electron chi connectivity index (χ4n) is 0.732. The van der Waals surface area contributed by atoms with Gasteiger partial charge in [-0.3, -0.25) is 4.99 Å². The molecule has 1 aliphatic rings. The quantitative estimate of drug-likeness (QED) is 0.633. The molecule has 1 aromatic heterocycles. The van der Waals surface area contributed by atoms with Crippen molar-refractivity contribution in [2.45, 2.75) is 0 Å². The maximum absolute atomic E-state index is 4.27. The van der Waals surface area contributed by atoms with E-state index in [1.54, 1.807) is 18.1 Å². The van der Waals surface area contributed by atoms with Crippen LogP contribution in [0.4, 0.5) is 0 Å². The van der Waals surface area contributed by atoms with Crippen LogP contribution in [0.3, 0.4) is 0 Å². The molecule has 10 heavy (non-hydrogen) atoms. The van der Waals surface area contributed by atoms with E-state index in [0.29, 0.717) is 0 Å². The van der Waals surface area contributed by atoms with E-state index in [1.807, 2.05) is 0 Å². The smallest absolute Gasteiger partial charge is 0.168 e. The van der Waals surface area contributed by atoms with Gasteiger partial charge >= 0.3 is 0 Å². The topological polar surface area (TPSA) is 38.1 Å². The number of aliphatic imine (C=N–C) groups is 1. The zero-order chi connectivity index (χ0) is 6.81.